The molecule has 1 aromatic carbocycles. The highest BCUT2D eigenvalue weighted by Crippen LogP contribution is 2.21. The standard InChI is InChI=1S/C20H28N2O4/c1-2-7-16(12-19(25)22-11-6-10-17(22)13-23)20(26)21-18(14-24)15-8-4-3-5-9-15/h2-5,8-9,16-18,23-24H,1,6-7,10-14H2,(H,21,26). The van der Waals surface area contributed by atoms with E-state index >= 15 is 0 Å². The molecular weight excluding hydrogens is 332 g/mol. The lowest BCUT2D eigenvalue weighted by molar-refractivity contribution is -0.137. The number of rotatable bonds is 9. The molecule has 3 unspecified atom stereocenters. The van der Waals surface area contributed by atoms with E-state index < -0.39 is 12.0 Å². The van der Waals surface area contributed by atoms with E-state index in [2.05, 4.69) is 11.9 Å². The third kappa shape index (κ3) is 5.16. The van der Waals surface area contributed by atoms with Crippen molar-refractivity contribution >= 4 is 11.8 Å². The molecule has 0 bridgehead atoms. The van der Waals surface area contributed by atoms with Crippen molar-refractivity contribution in [1.82, 2.24) is 10.2 Å². The molecule has 2 rings (SSSR count). The number of likely N-dealkylation sites (tertiary alicyclic amines) is 1. The van der Waals surface area contributed by atoms with E-state index in [-0.39, 0.29) is 37.5 Å². The fraction of sp³-hybridized carbons (Fsp3) is 0.500. The number of amides is 2. The van der Waals surface area contributed by atoms with Gasteiger partial charge in [-0.25, -0.2) is 0 Å². The Labute approximate surface area is 154 Å². The van der Waals surface area contributed by atoms with E-state index in [1.807, 2.05) is 30.3 Å². The van der Waals surface area contributed by atoms with E-state index in [0.29, 0.717) is 13.0 Å². The zero-order chi connectivity index (χ0) is 18.9. The molecule has 1 fully saturated rings. The maximum absolute atomic E-state index is 12.7. The Morgan fingerprint density at radius 3 is 2.65 bits per heavy atom. The predicted molar refractivity (Wildman–Crippen MR) is 99.2 cm³/mol. The molecule has 0 spiro atoms. The molecule has 0 radical (unpaired) electrons. The predicted octanol–water partition coefficient (Wildman–Crippen LogP) is 1.40. The second-order valence-electron chi connectivity index (χ2n) is 6.65. The molecule has 1 aliphatic heterocycles. The van der Waals surface area contributed by atoms with E-state index in [4.69, 9.17) is 0 Å². The summed E-state index contributed by atoms with van der Waals surface area (Å²) < 4.78 is 0. The van der Waals surface area contributed by atoms with Crippen molar-refractivity contribution in [3.8, 4) is 0 Å². The molecule has 2 amide bonds. The zero-order valence-electron chi connectivity index (χ0n) is 15.0. The molecule has 3 N–H and O–H groups in total. The van der Waals surface area contributed by atoms with Gasteiger partial charge in [0.05, 0.1) is 31.2 Å². The van der Waals surface area contributed by atoms with E-state index in [0.717, 1.165) is 18.4 Å². The van der Waals surface area contributed by atoms with Crippen LogP contribution in [-0.4, -0.2) is 52.7 Å². The first kappa shape index (κ1) is 20.1. The number of nitrogens with zero attached hydrogens (tertiary/aromatic N) is 1. The number of aliphatic hydroxyl groups excluding tert-OH is 2. The van der Waals surface area contributed by atoms with Crippen LogP contribution in [0.3, 0.4) is 0 Å². The summed E-state index contributed by atoms with van der Waals surface area (Å²) in [5, 5.41) is 21.8. The van der Waals surface area contributed by atoms with Crippen LogP contribution in [-0.2, 0) is 9.59 Å². The second-order valence-corrected chi connectivity index (χ2v) is 6.65. The zero-order valence-corrected chi connectivity index (χ0v) is 15.0. The van der Waals surface area contributed by atoms with Crippen LogP contribution in [0.15, 0.2) is 43.0 Å². The number of benzene rings is 1. The normalized spacial score (nSPS) is 19.0. The van der Waals surface area contributed by atoms with Gasteiger partial charge in [0, 0.05) is 13.0 Å². The molecule has 1 heterocycles. The van der Waals surface area contributed by atoms with Crippen molar-refractivity contribution in [1.29, 1.82) is 0 Å². The molecule has 3 atom stereocenters. The van der Waals surface area contributed by atoms with Crippen LogP contribution in [0.5, 0.6) is 0 Å². The van der Waals surface area contributed by atoms with Gasteiger partial charge in [0.1, 0.15) is 0 Å². The largest absolute Gasteiger partial charge is 0.394 e. The monoisotopic (exact) mass is 360 g/mol. The van der Waals surface area contributed by atoms with Crippen molar-refractivity contribution < 1.29 is 19.8 Å². The van der Waals surface area contributed by atoms with Gasteiger partial charge >= 0.3 is 0 Å². The second kappa shape index (κ2) is 10.1. The average Bonchev–Trinajstić information content (AvgIpc) is 3.15. The summed E-state index contributed by atoms with van der Waals surface area (Å²) in [6.45, 7) is 4.03. The molecule has 26 heavy (non-hydrogen) atoms. The van der Waals surface area contributed by atoms with Gasteiger partial charge in [-0.2, -0.15) is 0 Å². The fourth-order valence-electron chi connectivity index (χ4n) is 3.38. The molecule has 6 heteroatoms. The van der Waals surface area contributed by atoms with Crippen LogP contribution in [0.25, 0.3) is 0 Å². The molecule has 1 aromatic rings. The number of allylic oxidation sites excluding steroid dienone is 1. The lowest BCUT2D eigenvalue weighted by atomic mass is 9.98. The van der Waals surface area contributed by atoms with Gasteiger partial charge in [-0.3, -0.25) is 9.59 Å². The number of hydrogen-bond acceptors (Lipinski definition) is 4. The highest BCUT2D eigenvalue weighted by atomic mass is 16.3. The minimum atomic E-state index is -0.544. The van der Waals surface area contributed by atoms with Crippen LogP contribution >= 0.6 is 0 Å². The molecular formula is C20H28N2O4. The summed E-state index contributed by atoms with van der Waals surface area (Å²) in [5.74, 6) is -0.942. The van der Waals surface area contributed by atoms with Gasteiger partial charge < -0.3 is 20.4 Å². The Kier molecular flexibility index (Phi) is 7.81. The Balaban J connectivity index is 2.02. The first-order chi connectivity index (χ1) is 12.6. The maximum atomic E-state index is 12.7. The average molecular weight is 360 g/mol. The van der Waals surface area contributed by atoms with Crippen LogP contribution < -0.4 is 5.32 Å². The van der Waals surface area contributed by atoms with E-state index in [9.17, 15) is 19.8 Å². The lowest BCUT2D eigenvalue weighted by Gasteiger charge is -2.26. The third-order valence-corrected chi connectivity index (χ3v) is 4.85. The molecule has 1 aliphatic rings. The van der Waals surface area contributed by atoms with Crippen LogP contribution in [0.1, 0.15) is 37.3 Å². The van der Waals surface area contributed by atoms with Crippen molar-refractivity contribution in [3.05, 3.63) is 48.6 Å². The highest BCUT2D eigenvalue weighted by Gasteiger charge is 2.31. The number of carbonyl (C=O) groups is 2. The first-order valence-corrected chi connectivity index (χ1v) is 9.08. The summed E-state index contributed by atoms with van der Waals surface area (Å²) in [6.07, 6.45) is 3.74. The van der Waals surface area contributed by atoms with Crippen molar-refractivity contribution in [2.75, 3.05) is 19.8 Å². The number of hydrogen-bond donors (Lipinski definition) is 3. The smallest absolute Gasteiger partial charge is 0.224 e. The quantitative estimate of drug-likeness (QED) is 0.581. The third-order valence-electron chi connectivity index (χ3n) is 4.85. The molecule has 1 saturated heterocycles. The molecule has 6 nitrogen and oxygen atoms in total. The van der Waals surface area contributed by atoms with Gasteiger partial charge in [0.25, 0.3) is 0 Å². The highest BCUT2D eigenvalue weighted by molar-refractivity contribution is 5.86. The molecule has 0 saturated carbocycles. The van der Waals surface area contributed by atoms with Crippen molar-refractivity contribution in [2.24, 2.45) is 5.92 Å². The van der Waals surface area contributed by atoms with Crippen LogP contribution in [0.4, 0.5) is 0 Å². The fourth-order valence-corrected chi connectivity index (χ4v) is 3.38. The Hall–Kier alpha value is -2.18. The summed E-state index contributed by atoms with van der Waals surface area (Å²) in [5.41, 5.74) is 0.812. The van der Waals surface area contributed by atoms with Crippen LogP contribution in [0.2, 0.25) is 0 Å². The summed E-state index contributed by atoms with van der Waals surface area (Å²) in [4.78, 5) is 26.9. The van der Waals surface area contributed by atoms with Gasteiger partial charge in [-0.05, 0) is 24.8 Å². The van der Waals surface area contributed by atoms with E-state index in [1.54, 1.807) is 11.0 Å². The van der Waals surface area contributed by atoms with Crippen molar-refractivity contribution in [3.63, 3.8) is 0 Å². The molecule has 142 valence electrons. The van der Waals surface area contributed by atoms with Gasteiger partial charge in [0.2, 0.25) is 11.8 Å². The number of nitrogens with one attached hydrogen (secondary N) is 1. The maximum Gasteiger partial charge on any atom is 0.224 e. The molecule has 0 aromatic heterocycles. The number of aliphatic hydroxyl groups is 2. The Bertz CT molecular complexity index is 605. The van der Waals surface area contributed by atoms with Crippen LogP contribution in [0, 0.1) is 5.92 Å². The van der Waals surface area contributed by atoms with Gasteiger partial charge in [-0.1, -0.05) is 36.4 Å². The molecule has 0 aliphatic carbocycles. The Morgan fingerprint density at radius 1 is 1.31 bits per heavy atom. The van der Waals surface area contributed by atoms with Crippen molar-refractivity contribution in [2.45, 2.75) is 37.8 Å². The minimum Gasteiger partial charge on any atom is -0.394 e. The SMILES string of the molecule is C=CCC(CC(=O)N1CCCC1CO)C(=O)NC(CO)c1ccccc1. The Morgan fingerprint density at radius 2 is 2.04 bits per heavy atom. The first-order valence-electron chi connectivity index (χ1n) is 9.08. The minimum absolute atomic E-state index is 0.0509. The summed E-state index contributed by atoms with van der Waals surface area (Å²) in [7, 11) is 0. The topological polar surface area (TPSA) is 89.9 Å². The van der Waals surface area contributed by atoms with Gasteiger partial charge in [0.15, 0.2) is 0 Å². The van der Waals surface area contributed by atoms with Gasteiger partial charge in [-0.15, -0.1) is 6.58 Å². The summed E-state index contributed by atoms with van der Waals surface area (Å²) >= 11 is 0. The lowest BCUT2D eigenvalue weighted by Crippen LogP contribution is -2.41. The van der Waals surface area contributed by atoms with E-state index in [1.165, 1.54) is 0 Å². The number of carbonyl (C=O) groups excluding carboxylic acids is 2. The summed E-state index contributed by atoms with van der Waals surface area (Å²) in [6, 6.07) is 8.57.